The first-order valence-electron chi connectivity index (χ1n) is 8.31. The summed E-state index contributed by atoms with van der Waals surface area (Å²) in [5.41, 5.74) is 1.34. The topological polar surface area (TPSA) is 48.7 Å². The molecule has 6 nitrogen and oxygen atoms in total. The van der Waals surface area contributed by atoms with Crippen LogP contribution < -0.4 is 5.32 Å². The highest BCUT2D eigenvalue weighted by molar-refractivity contribution is 14.0. The Kier molecular flexibility index (Phi) is 6.70. The van der Waals surface area contributed by atoms with Gasteiger partial charge in [-0.25, -0.2) is 0 Å². The number of likely N-dealkylation sites (tertiary alicyclic amines) is 1. The van der Waals surface area contributed by atoms with Crippen LogP contribution in [0.5, 0.6) is 0 Å². The van der Waals surface area contributed by atoms with Gasteiger partial charge in [-0.05, 0) is 31.9 Å². The Bertz CT molecular complexity index is 524. The van der Waals surface area contributed by atoms with Gasteiger partial charge < -0.3 is 15.1 Å². The third-order valence-corrected chi connectivity index (χ3v) is 4.81. The summed E-state index contributed by atoms with van der Waals surface area (Å²) in [6, 6.07) is 0.825. The summed E-state index contributed by atoms with van der Waals surface area (Å²) >= 11 is 0. The molecule has 2 aliphatic rings. The van der Waals surface area contributed by atoms with Gasteiger partial charge >= 0.3 is 0 Å². The summed E-state index contributed by atoms with van der Waals surface area (Å²) in [5, 5.41) is 7.80. The van der Waals surface area contributed by atoms with Crippen LogP contribution >= 0.6 is 24.0 Å². The standard InChI is InChI=1S/C16H28N6.HI/c1-17-16(18-7-9-20(2)15-4-5-15)22-8-6-13(12-22)14-10-19-21(3)11-14;/h10-11,13,15H,4-9,12H2,1-3H3,(H,17,18);1H. The second-order valence-electron chi connectivity index (χ2n) is 6.56. The molecule has 1 aliphatic carbocycles. The second kappa shape index (κ2) is 8.32. The monoisotopic (exact) mass is 432 g/mol. The molecule has 3 rings (SSSR count). The van der Waals surface area contributed by atoms with Crippen LogP contribution in [0.4, 0.5) is 0 Å². The number of nitrogens with zero attached hydrogens (tertiary/aromatic N) is 5. The summed E-state index contributed by atoms with van der Waals surface area (Å²) in [4.78, 5) is 9.27. The van der Waals surface area contributed by atoms with Crippen molar-refractivity contribution in [3.05, 3.63) is 18.0 Å². The summed E-state index contributed by atoms with van der Waals surface area (Å²) in [7, 11) is 6.08. The molecule has 0 aromatic carbocycles. The summed E-state index contributed by atoms with van der Waals surface area (Å²) < 4.78 is 1.89. The Morgan fingerprint density at radius 2 is 2.22 bits per heavy atom. The van der Waals surface area contributed by atoms with Crippen LogP contribution in [0, 0.1) is 0 Å². The molecular formula is C16H29IN6. The van der Waals surface area contributed by atoms with Gasteiger partial charge in [0, 0.05) is 58.4 Å². The van der Waals surface area contributed by atoms with Gasteiger partial charge in [0.15, 0.2) is 5.96 Å². The Morgan fingerprint density at radius 1 is 1.43 bits per heavy atom. The van der Waals surface area contributed by atoms with E-state index in [-0.39, 0.29) is 24.0 Å². The van der Waals surface area contributed by atoms with E-state index >= 15 is 0 Å². The maximum absolute atomic E-state index is 4.45. The van der Waals surface area contributed by atoms with Crippen LogP contribution in [-0.4, -0.2) is 71.9 Å². The Balaban J connectivity index is 0.00000192. The maximum Gasteiger partial charge on any atom is 0.193 e. The van der Waals surface area contributed by atoms with Gasteiger partial charge in [-0.3, -0.25) is 9.67 Å². The zero-order valence-electron chi connectivity index (χ0n) is 14.4. The average Bonchev–Trinajstić information content (AvgIpc) is 3.10. The summed E-state index contributed by atoms with van der Waals surface area (Å²) in [6.45, 7) is 4.15. The Morgan fingerprint density at radius 3 is 2.83 bits per heavy atom. The lowest BCUT2D eigenvalue weighted by molar-refractivity contribution is 0.326. The van der Waals surface area contributed by atoms with Crippen molar-refractivity contribution in [3.8, 4) is 0 Å². The van der Waals surface area contributed by atoms with E-state index in [9.17, 15) is 0 Å². The first-order valence-corrected chi connectivity index (χ1v) is 8.31. The molecule has 1 saturated carbocycles. The van der Waals surface area contributed by atoms with Gasteiger partial charge in [-0.15, -0.1) is 24.0 Å². The molecule has 130 valence electrons. The number of likely N-dealkylation sites (N-methyl/N-ethyl adjacent to an activating group) is 1. The largest absolute Gasteiger partial charge is 0.355 e. The molecule has 7 heteroatoms. The van der Waals surface area contributed by atoms with Crippen LogP contribution in [-0.2, 0) is 7.05 Å². The minimum atomic E-state index is 0. The van der Waals surface area contributed by atoms with E-state index in [1.165, 1.54) is 24.8 Å². The van der Waals surface area contributed by atoms with Gasteiger partial charge in [0.2, 0.25) is 0 Å². The van der Waals surface area contributed by atoms with Crippen LogP contribution in [0.2, 0.25) is 0 Å². The van der Waals surface area contributed by atoms with Gasteiger partial charge in [-0.1, -0.05) is 0 Å². The molecule has 23 heavy (non-hydrogen) atoms. The minimum absolute atomic E-state index is 0. The van der Waals surface area contributed by atoms with Crippen LogP contribution in [0.3, 0.4) is 0 Å². The zero-order valence-corrected chi connectivity index (χ0v) is 16.7. The molecule has 0 radical (unpaired) electrons. The number of guanidine groups is 1. The van der Waals surface area contributed by atoms with Crippen molar-refractivity contribution in [2.24, 2.45) is 12.0 Å². The maximum atomic E-state index is 4.45. The highest BCUT2D eigenvalue weighted by Crippen LogP contribution is 2.27. The summed E-state index contributed by atoms with van der Waals surface area (Å²) in [6.07, 6.45) is 8.03. The lowest BCUT2D eigenvalue weighted by Gasteiger charge is -2.23. The van der Waals surface area contributed by atoms with Crippen molar-refractivity contribution < 1.29 is 0 Å². The molecule has 1 unspecified atom stereocenters. The molecule has 1 atom stereocenters. The quantitative estimate of drug-likeness (QED) is 0.435. The number of halogens is 1. The Hall–Kier alpha value is -0.830. The zero-order chi connectivity index (χ0) is 15.5. The molecule has 1 aliphatic heterocycles. The molecule has 1 aromatic heterocycles. The first-order chi connectivity index (χ1) is 10.7. The van der Waals surface area contributed by atoms with Crippen molar-refractivity contribution in [3.63, 3.8) is 0 Å². The molecule has 2 heterocycles. The van der Waals surface area contributed by atoms with Crippen molar-refractivity contribution in [1.29, 1.82) is 0 Å². The number of aryl methyl sites for hydroxylation is 1. The van der Waals surface area contributed by atoms with Crippen LogP contribution in [0.1, 0.15) is 30.7 Å². The van der Waals surface area contributed by atoms with Gasteiger partial charge in [0.05, 0.1) is 6.20 Å². The van der Waals surface area contributed by atoms with Crippen molar-refractivity contribution in [2.45, 2.75) is 31.2 Å². The van der Waals surface area contributed by atoms with Gasteiger partial charge in [0.1, 0.15) is 0 Å². The molecular weight excluding hydrogens is 403 g/mol. The van der Waals surface area contributed by atoms with E-state index in [0.717, 1.165) is 38.2 Å². The van der Waals surface area contributed by atoms with Crippen molar-refractivity contribution in [1.82, 2.24) is 24.9 Å². The van der Waals surface area contributed by atoms with E-state index in [2.05, 4.69) is 38.5 Å². The van der Waals surface area contributed by atoms with E-state index < -0.39 is 0 Å². The van der Waals surface area contributed by atoms with Gasteiger partial charge in [0.25, 0.3) is 0 Å². The third-order valence-electron chi connectivity index (χ3n) is 4.81. The number of hydrogen-bond acceptors (Lipinski definition) is 3. The van der Waals surface area contributed by atoms with E-state index in [1.807, 2.05) is 25.0 Å². The molecule has 1 aromatic rings. The minimum Gasteiger partial charge on any atom is -0.355 e. The van der Waals surface area contributed by atoms with Crippen molar-refractivity contribution >= 4 is 29.9 Å². The predicted molar refractivity (Wildman–Crippen MR) is 105 cm³/mol. The lowest BCUT2D eigenvalue weighted by Crippen LogP contribution is -2.43. The predicted octanol–water partition coefficient (Wildman–Crippen LogP) is 1.50. The van der Waals surface area contributed by atoms with Crippen LogP contribution in [0.25, 0.3) is 0 Å². The number of nitrogens with one attached hydrogen (secondary N) is 1. The highest BCUT2D eigenvalue weighted by Gasteiger charge is 2.28. The fourth-order valence-corrected chi connectivity index (χ4v) is 3.25. The summed E-state index contributed by atoms with van der Waals surface area (Å²) in [5.74, 6) is 1.61. The SMILES string of the molecule is CN=C(NCCN(C)C1CC1)N1CCC(c2cnn(C)c2)C1.I. The normalized spacial score (nSPS) is 21.7. The second-order valence-corrected chi connectivity index (χ2v) is 6.56. The third kappa shape index (κ3) is 4.82. The van der Waals surface area contributed by atoms with Crippen LogP contribution in [0.15, 0.2) is 17.4 Å². The molecule has 1 saturated heterocycles. The molecule has 1 N–H and O–H groups in total. The average molecular weight is 432 g/mol. The molecule has 0 bridgehead atoms. The Labute approximate surface area is 156 Å². The number of aromatic nitrogens is 2. The van der Waals surface area contributed by atoms with E-state index in [0.29, 0.717) is 5.92 Å². The first kappa shape index (κ1) is 18.5. The highest BCUT2D eigenvalue weighted by atomic mass is 127. The lowest BCUT2D eigenvalue weighted by atomic mass is 10.0. The fraction of sp³-hybridized carbons (Fsp3) is 0.750. The fourth-order valence-electron chi connectivity index (χ4n) is 3.25. The van der Waals surface area contributed by atoms with E-state index in [4.69, 9.17) is 0 Å². The van der Waals surface area contributed by atoms with Crippen molar-refractivity contribution in [2.75, 3.05) is 40.3 Å². The molecule has 0 amide bonds. The molecule has 2 fully saturated rings. The number of hydrogen-bond donors (Lipinski definition) is 1. The molecule has 0 spiro atoms. The van der Waals surface area contributed by atoms with E-state index in [1.54, 1.807) is 0 Å². The number of aliphatic imine (C=N–C) groups is 1. The van der Waals surface area contributed by atoms with Gasteiger partial charge in [-0.2, -0.15) is 5.10 Å². The number of rotatable bonds is 5. The smallest absolute Gasteiger partial charge is 0.193 e.